The highest BCUT2D eigenvalue weighted by molar-refractivity contribution is 6.46. The number of aliphatic hydroxyl groups excluding tert-OH is 1. The summed E-state index contributed by atoms with van der Waals surface area (Å²) in [6.07, 6.45) is 0.717. The van der Waals surface area contributed by atoms with Crippen LogP contribution in [0.2, 0.25) is 0 Å². The first-order valence-corrected chi connectivity index (χ1v) is 10.6. The molecule has 0 aliphatic carbocycles. The van der Waals surface area contributed by atoms with E-state index in [0.29, 0.717) is 17.9 Å². The predicted octanol–water partition coefficient (Wildman–Crippen LogP) is 3.13. The van der Waals surface area contributed by atoms with Crippen molar-refractivity contribution < 1.29 is 19.4 Å². The number of amides is 1. The molecule has 1 saturated heterocycles. The van der Waals surface area contributed by atoms with E-state index in [1.165, 1.54) is 0 Å². The van der Waals surface area contributed by atoms with Gasteiger partial charge in [-0.2, -0.15) is 0 Å². The van der Waals surface area contributed by atoms with E-state index in [4.69, 9.17) is 4.74 Å². The number of Topliss-reactive ketones (excluding diaryl/α,β-unsaturated/α-hetero) is 1. The summed E-state index contributed by atoms with van der Waals surface area (Å²) in [4.78, 5) is 31.6. The summed E-state index contributed by atoms with van der Waals surface area (Å²) in [6, 6.07) is 13.9. The molecule has 0 bridgehead atoms. The summed E-state index contributed by atoms with van der Waals surface area (Å²) in [5.74, 6) is -0.783. The minimum absolute atomic E-state index is 0.114. The molecule has 32 heavy (non-hydrogen) atoms. The Morgan fingerprint density at radius 3 is 2.16 bits per heavy atom. The van der Waals surface area contributed by atoms with Gasteiger partial charge in [-0.05, 0) is 69.0 Å². The number of likely N-dealkylation sites (tertiary alicyclic amines) is 1. The average Bonchev–Trinajstić information content (AvgIpc) is 3.03. The molecule has 1 aliphatic rings. The number of ketones is 1. The lowest BCUT2D eigenvalue weighted by Gasteiger charge is -2.26. The molecule has 1 heterocycles. The van der Waals surface area contributed by atoms with E-state index in [2.05, 4.69) is 0 Å². The summed E-state index contributed by atoms with van der Waals surface area (Å²) >= 11 is 0. The molecule has 170 valence electrons. The van der Waals surface area contributed by atoms with Crippen LogP contribution in [0.5, 0.6) is 5.75 Å². The van der Waals surface area contributed by atoms with Gasteiger partial charge in [0.1, 0.15) is 11.5 Å². The number of hydrogen-bond donors (Lipinski definition) is 1. The topological polar surface area (TPSA) is 73.3 Å². The lowest BCUT2D eigenvalue weighted by molar-refractivity contribution is -0.139. The standard InChI is InChI=1S/C25H31N3O4/c1-26(2)15-6-16-28-22(17-7-11-19(12-8-17)27(3)4)21(24(30)25(28)31)23(29)18-9-13-20(32-5)14-10-18/h7-14,22,29H,6,15-16H2,1-5H3/b23-21+. The number of anilines is 1. The SMILES string of the molecule is COc1ccc(/C(O)=C2\C(=O)C(=O)N(CCCN(C)C)C2c2ccc(N(C)C)cc2)cc1. The van der Waals surface area contributed by atoms with E-state index in [0.717, 1.165) is 24.2 Å². The van der Waals surface area contributed by atoms with Gasteiger partial charge in [0.15, 0.2) is 0 Å². The van der Waals surface area contributed by atoms with Crippen molar-refractivity contribution >= 4 is 23.1 Å². The van der Waals surface area contributed by atoms with Gasteiger partial charge >= 0.3 is 0 Å². The Kier molecular flexibility index (Phi) is 7.20. The quantitative estimate of drug-likeness (QED) is 0.389. The Hall–Kier alpha value is -3.32. The molecule has 0 saturated carbocycles. The van der Waals surface area contributed by atoms with Crippen molar-refractivity contribution in [2.24, 2.45) is 0 Å². The van der Waals surface area contributed by atoms with Gasteiger partial charge in [0.25, 0.3) is 11.7 Å². The van der Waals surface area contributed by atoms with E-state index in [1.807, 2.05) is 62.3 Å². The average molecular weight is 438 g/mol. The van der Waals surface area contributed by atoms with E-state index in [1.54, 1.807) is 36.3 Å². The highest BCUT2D eigenvalue weighted by atomic mass is 16.5. The molecule has 0 radical (unpaired) electrons. The molecular weight excluding hydrogens is 406 g/mol. The zero-order valence-electron chi connectivity index (χ0n) is 19.3. The number of carbonyl (C=O) groups is 2. The molecule has 2 aromatic carbocycles. The fourth-order valence-corrected chi connectivity index (χ4v) is 3.87. The summed E-state index contributed by atoms with van der Waals surface area (Å²) in [6.45, 7) is 1.20. The largest absolute Gasteiger partial charge is 0.507 e. The molecule has 7 nitrogen and oxygen atoms in total. The van der Waals surface area contributed by atoms with Crippen molar-refractivity contribution in [1.29, 1.82) is 0 Å². The van der Waals surface area contributed by atoms with Gasteiger partial charge in [0.05, 0.1) is 18.7 Å². The van der Waals surface area contributed by atoms with E-state index in [-0.39, 0.29) is 11.3 Å². The van der Waals surface area contributed by atoms with Gasteiger partial charge in [-0.1, -0.05) is 12.1 Å². The molecule has 1 N–H and O–H groups in total. The van der Waals surface area contributed by atoms with Crippen molar-refractivity contribution in [3.63, 3.8) is 0 Å². The third-order valence-electron chi connectivity index (χ3n) is 5.63. The van der Waals surface area contributed by atoms with Gasteiger partial charge in [-0.15, -0.1) is 0 Å². The number of rotatable bonds is 8. The lowest BCUT2D eigenvalue weighted by Crippen LogP contribution is -2.32. The molecule has 7 heteroatoms. The second kappa shape index (κ2) is 9.87. The highest BCUT2D eigenvalue weighted by Crippen LogP contribution is 2.40. The van der Waals surface area contributed by atoms with Gasteiger partial charge in [0.2, 0.25) is 0 Å². The monoisotopic (exact) mass is 437 g/mol. The molecule has 0 aromatic heterocycles. The van der Waals surface area contributed by atoms with Crippen molar-refractivity contribution in [3.8, 4) is 5.75 Å². The van der Waals surface area contributed by atoms with Crippen LogP contribution in [0.4, 0.5) is 5.69 Å². The van der Waals surface area contributed by atoms with Gasteiger partial charge < -0.3 is 24.5 Å². The van der Waals surface area contributed by atoms with Crippen LogP contribution in [-0.4, -0.2) is 75.0 Å². The van der Waals surface area contributed by atoms with Crippen LogP contribution in [0.25, 0.3) is 5.76 Å². The van der Waals surface area contributed by atoms with Crippen LogP contribution in [0, 0.1) is 0 Å². The van der Waals surface area contributed by atoms with Crippen LogP contribution in [0.1, 0.15) is 23.6 Å². The smallest absolute Gasteiger partial charge is 0.295 e. The maximum Gasteiger partial charge on any atom is 0.295 e. The van der Waals surface area contributed by atoms with Crippen LogP contribution < -0.4 is 9.64 Å². The number of carbonyl (C=O) groups excluding carboxylic acids is 2. The van der Waals surface area contributed by atoms with Crippen molar-refractivity contribution in [3.05, 3.63) is 65.2 Å². The summed E-state index contributed by atoms with van der Waals surface area (Å²) in [5.41, 5.74) is 2.37. The van der Waals surface area contributed by atoms with Crippen LogP contribution in [0.3, 0.4) is 0 Å². The fourth-order valence-electron chi connectivity index (χ4n) is 3.87. The number of benzene rings is 2. The first-order valence-electron chi connectivity index (χ1n) is 10.6. The molecule has 1 atom stereocenters. The van der Waals surface area contributed by atoms with Crippen molar-refractivity contribution in [2.75, 3.05) is 53.3 Å². The maximum atomic E-state index is 13.1. The molecule has 1 unspecified atom stereocenters. The Morgan fingerprint density at radius 2 is 1.62 bits per heavy atom. The van der Waals surface area contributed by atoms with E-state index >= 15 is 0 Å². The van der Waals surface area contributed by atoms with Gasteiger partial charge in [-0.3, -0.25) is 9.59 Å². The molecule has 1 aliphatic heterocycles. The third kappa shape index (κ3) is 4.78. The molecule has 2 aromatic rings. The Bertz CT molecular complexity index is 995. The Morgan fingerprint density at radius 1 is 1.00 bits per heavy atom. The summed E-state index contributed by atoms with van der Waals surface area (Å²) in [5, 5.41) is 11.1. The van der Waals surface area contributed by atoms with Crippen LogP contribution in [-0.2, 0) is 9.59 Å². The summed E-state index contributed by atoms with van der Waals surface area (Å²) in [7, 11) is 9.40. The van der Waals surface area contributed by atoms with Gasteiger partial charge in [0, 0.05) is 31.9 Å². The van der Waals surface area contributed by atoms with Crippen LogP contribution >= 0.6 is 0 Å². The Labute approximate surface area is 189 Å². The normalized spacial score (nSPS) is 17.8. The van der Waals surface area contributed by atoms with E-state index in [9.17, 15) is 14.7 Å². The predicted molar refractivity (Wildman–Crippen MR) is 126 cm³/mol. The lowest BCUT2D eigenvalue weighted by atomic mass is 9.95. The fraction of sp³-hybridized carbons (Fsp3) is 0.360. The van der Waals surface area contributed by atoms with Crippen LogP contribution in [0.15, 0.2) is 54.1 Å². The number of nitrogens with zero attached hydrogens (tertiary/aromatic N) is 3. The number of aliphatic hydroxyl groups is 1. The number of methoxy groups -OCH3 is 1. The first kappa shape index (κ1) is 23.3. The molecule has 1 amide bonds. The van der Waals surface area contributed by atoms with E-state index < -0.39 is 17.7 Å². The second-order valence-electron chi connectivity index (χ2n) is 8.36. The molecular formula is C25H31N3O4. The third-order valence-corrected chi connectivity index (χ3v) is 5.63. The van der Waals surface area contributed by atoms with Gasteiger partial charge in [-0.25, -0.2) is 0 Å². The zero-order chi connectivity index (χ0) is 23.4. The molecule has 1 fully saturated rings. The first-order chi connectivity index (χ1) is 15.2. The maximum absolute atomic E-state index is 13.1. The number of hydrogen-bond acceptors (Lipinski definition) is 6. The zero-order valence-corrected chi connectivity index (χ0v) is 19.3. The molecule has 3 rings (SSSR count). The van der Waals surface area contributed by atoms with Crippen molar-refractivity contribution in [2.45, 2.75) is 12.5 Å². The minimum Gasteiger partial charge on any atom is -0.507 e. The summed E-state index contributed by atoms with van der Waals surface area (Å²) < 4.78 is 5.18. The Balaban J connectivity index is 2.07. The molecule has 0 spiro atoms. The highest BCUT2D eigenvalue weighted by Gasteiger charge is 2.45. The van der Waals surface area contributed by atoms with Crippen molar-refractivity contribution in [1.82, 2.24) is 9.80 Å². The number of ether oxygens (including phenoxy) is 1. The minimum atomic E-state index is -0.662. The second-order valence-corrected chi connectivity index (χ2v) is 8.36.